The van der Waals surface area contributed by atoms with Crippen molar-refractivity contribution >= 4 is 23.5 Å². The van der Waals surface area contributed by atoms with Gasteiger partial charge < -0.3 is 44.1 Å². The SMILES string of the molecule is COc1cc2ccc1CNC(=O)CCc1ccc(OC)c(c1)OCC(=O)N[C@@H]1CN(C(=O)c3ccc(N4CCOCC4)nc3)CC[C@@H]1O2. The average molecular weight is 660 g/mol. The molecule has 0 radical (unpaired) electrons. The number of pyridine rings is 1. The molecule has 0 unspecified atom stereocenters. The molecular weight excluding hydrogens is 618 g/mol. The van der Waals surface area contributed by atoms with E-state index in [2.05, 4.69) is 20.5 Å². The van der Waals surface area contributed by atoms with E-state index in [0.29, 0.717) is 67.7 Å². The molecule has 0 aliphatic carbocycles. The number of carbonyl (C=O) groups excluding carboxylic acids is 3. The Bertz CT molecular complexity index is 1610. The molecule has 1 aromatic heterocycles. The van der Waals surface area contributed by atoms with Gasteiger partial charge in [-0.1, -0.05) is 6.07 Å². The van der Waals surface area contributed by atoms with Crippen molar-refractivity contribution in [3.05, 3.63) is 71.4 Å². The van der Waals surface area contributed by atoms with Crippen LogP contribution < -0.4 is 34.5 Å². The highest BCUT2D eigenvalue weighted by Gasteiger charge is 2.35. The summed E-state index contributed by atoms with van der Waals surface area (Å²) in [4.78, 5) is 48.0. The number of nitrogens with one attached hydrogen (secondary N) is 2. The fourth-order valence-corrected chi connectivity index (χ4v) is 6.11. The molecular formula is C35H41N5O8. The Balaban J connectivity index is 1.22. The number of fused-ring (bicyclic) bond motifs is 9. The van der Waals surface area contributed by atoms with Crippen molar-refractivity contribution in [2.75, 3.05) is 65.1 Å². The Morgan fingerprint density at radius 1 is 0.938 bits per heavy atom. The number of piperidine rings is 1. The van der Waals surface area contributed by atoms with Gasteiger partial charge in [0.15, 0.2) is 18.1 Å². The maximum atomic E-state index is 13.6. The number of hydrogen-bond donors (Lipinski definition) is 2. The van der Waals surface area contributed by atoms with Crippen LogP contribution in [0, 0.1) is 0 Å². The summed E-state index contributed by atoms with van der Waals surface area (Å²) in [5.74, 6) is 2.12. The number of anilines is 1. The van der Waals surface area contributed by atoms with Crippen LogP contribution >= 0.6 is 0 Å². The maximum absolute atomic E-state index is 13.6. The second-order valence-corrected chi connectivity index (χ2v) is 11.9. The number of amides is 3. The second kappa shape index (κ2) is 15.2. The number of carbonyl (C=O) groups is 3. The summed E-state index contributed by atoms with van der Waals surface area (Å²) in [6.45, 7) is 3.45. The Morgan fingerprint density at radius 3 is 2.54 bits per heavy atom. The molecule has 2 N–H and O–H groups in total. The number of methoxy groups -OCH3 is 2. The van der Waals surface area contributed by atoms with Crippen molar-refractivity contribution in [1.82, 2.24) is 20.5 Å². The number of benzene rings is 2. The minimum Gasteiger partial charge on any atom is -0.496 e. The van der Waals surface area contributed by atoms with Gasteiger partial charge in [0.05, 0.1) is 39.0 Å². The van der Waals surface area contributed by atoms with Crippen molar-refractivity contribution in [1.29, 1.82) is 0 Å². The lowest BCUT2D eigenvalue weighted by Crippen LogP contribution is -2.58. The first-order valence-corrected chi connectivity index (χ1v) is 16.2. The number of morpholine rings is 1. The first-order valence-electron chi connectivity index (χ1n) is 16.2. The molecule has 7 rings (SSSR count). The van der Waals surface area contributed by atoms with Gasteiger partial charge in [-0.3, -0.25) is 14.4 Å². The Kier molecular flexibility index (Phi) is 10.4. The lowest BCUT2D eigenvalue weighted by atomic mass is 10.0. The summed E-state index contributed by atoms with van der Waals surface area (Å²) in [6, 6.07) is 13.9. The number of ether oxygens (including phenoxy) is 5. The third-order valence-corrected chi connectivity index (χ3v) is 8.76. The molecule has 2 aromatic carbocycles. The van der Waals surface area contributed by atoms with E-state index in [0.717, 1.165) is 30.0 Å². The molecule has 5 heterocycles. The lowest BCUT2D eigenvalue weighted by molar-refractivity contribution is -0.125. The normalized spacial score (nSPS) is 20.5. The number of hydrogen-bond acceptors (Lipinski definition) is 10. The highest BCUT2D eigenvalue weighted by Crippen LogP contribution is 2.30. The number of aromatic nitrogens is 1. The molecule has 3 amide bonds. The summed E-state index contributed by atoms with van der Waals surface area (Å²) < 4.78 is 28.8. The molecule has 4 aliphatic heterocycles. The summed E-state index contributed by atoms with van der Waals surface area (Å²) in [6.07, 6.45) is 2.36. The van der Waals surface area contributed by atoms with Crippen molar-refractivity contribution in [3.8, 4) is 23.0 Å². The van der Waals surface area contributed by atoms with Crippen LogP contribution in [0.5, 0.6) is 23.0 Å². The van der Waals surface area contributed by atoms with E-state index >= 15 is 0 Å². The number of aryl methyl sites for hydroxylation is 1. The minimum atomic E-state index is -0.542. The Labute approximate surface area is 279 Å². The molecule has 13 heteroatoms. The Hall–Kier alpha value is -5.04. The first kappa shape index (κ1) is 32.9. The van der Waals surface area contributed by atoms with Crippen LogP contribution in [-0.2, 0) is 27.3 Å². The number of rotatable bonds is 4. The van der Waals surface area contributed by atoms with E-state index in [1.807, 2.05) is 24.3 Å². The third kappa shape index (κ3) is 7.91. The van der Waals surface area contributed by atoms with Crippen molar-refractivity contribution in [2.45, 2.75) is 38.0 Å². The molecule has 2 fully saturated rings. The van der Waals surface area contributed by atoms with E-state index < -0.39 is 12.1 Å². The van der Waals surface area contributed by atoms with Crippen molar-refractivity contribution in [3.63, 3.8) is 0 Å². The van der Waals surface area contributed by atoms with Gasteiger partial charge in [0.2, 0.25) is 5.91 Å². The standard InChI is InChI=1S/C35H41N5O8/c1-44-29-8-3-23-4-10-33(41)37-19-24-5-7-26(18-30(24)45-2)48-28-11-12-40(21-27(28)38-34(42)22-47-31(29)17-23)35(43)25-6-9-32(36-20-25)39-13-15-46-16-14-39/h3,5-9,17-18,20,27-28H,4,10-16,19,21-22H2,1-2H3,(H,37,41)(H,38,42)/t27-,28+/m1/s1. The quantitative estimate of drug-likeness (QED) is 0.429. The molecule has 0 saturated carbocycles. The zero-order chi connectivity index (χ0) is 33.5. The van der Waals surface area contributed by atoms with E-state index in [1.165, 1.54) is 7.11 Å². The van der Waals surface area contributed by atoms with Crippen LogP contribution in [0.25, 0.3) is 0 Å². The third-order valence-electron chi connectivity index (χ3n) is 8.76. The van der Waals surface area contributed by atoms with E-state index in [4.69, 9.17) is 23.7 Å². The fourth-order valence-electron chi connectivity index (χ4n) is 6.11. The molecule has 13 nitrogen and oxygen atoms in total. The van der Waals surface area contributed by atoms with Crippen molar-refractivity contribution in [2.24, 2.45) is 0 Å². The van der Waals surface area contributed by atoms with Gasteiger partial charge in [-0.15, -0.1) is 0 Å². The molecule has 48 heavy (non-hydrogen) atoms. The second-order valence-electron chi connectivity index (χ2n) is 11.9. The van der Waals surface area contributed by atoms with E-state index in [9.17, 15) is 14.4 Å². The minimum absolute atomic E-state index is 0.110. The van der Waals surface area contributed by atoms with Crippen LogP contribution in [-0.4, -0.2) is 100.0 Å². The van der Waals surface area contributed by atoms with E-state index in [-0.39, 0.29) is 37.3 Å². The van der Waals surface area contributed by atoms with Crippen LogP contribution in [0.15, 0.2) is 54.7 Å². The highest BCUT2D eigenvalue weighted by molar-refractivity contribution is 5.94. The van der Waals surface area contributed by atoms with Gasteiger partial charge in [0, 0.05) is 63.4 Å². The van der Waals surface area contributed by atoms with Gasteiger partial charge in [0.25, 0.3) is 11.8 Å². The van der Waals surface area contributed by atoms with Crippen LogP contribution in [0.2, 0.25) is 0 Å². The maximum Gasteiger partial charge on any atom is 0.258 e. The molecule has 2 saturated heterocycles. The summed E-state index contributed by atoms with van der Waals surface area (Å²) in [5, 5.41) is 6.01. The topological polar surface area (TPSA) is 141 Å². The average Bonchev–Trinajstić information content (AvgIpc) is 3.13. The van der Waals surface area contributed by atoms with Gasteiger partial charge >= 0.3 is 0 Å². The van der Waals surface area contributed by atoms with Gasteiger partial charge in [0.1, 0.15) is 23.4 Å². The molecule has 254 valence electrons. The predicted octanol–water partition coefficient (Wildman–Crippen LogP) is 2.36. The van der Waals surface area contributed by atoms with Crippen LogP contribution in [0.4, 0.5) is 5.82 Å². The fraction of sp³-hybridized carbons (Fsp3) is 0.429. The molecule has 3 aromatic rings. The van der Waals surface area contributed by atoms with Gasteiger partial charge in [-0.2, -0.15) is 0 Å². The zero-order valence-corrected chi connectivity index (χ0v) is 27.2. The lowest BCUT2D eigenvalue weighted by Gasteiger charge is -2.39. The monoisotopic (exact) mass is 659 g/mol. The predicted molar refractivity (Wildman–Crippen MR) is 176 cm³/mol. The summed E-state index contributed by atoms with van der Waals surface area (Å²) in [5.41, 5.74) is 2.13. The zero-order valence-electron chi connectivity index (χ0n) is 27.2. The molecule has 4 bridgehead atoms. The highest BCUT2D eigenvalue weighted by atomic mass is 16.5. The largest absolute Gasteiger partial charge is 0.496 e. The molecule has 2 atom stereocenters. The summed E-state index contributed by atoms with van der Waals surface area (Å²) in [7, 11) is 3.09. The van der Waals surface area contributed by atoms with Crippen LogP contribution in [0.1, 0.15) is 34.3 Å². The number of likely N-dealkylation sites (tertiary alicyclic amines) is 1. The Morgan fingerprint density at radius 2 is 1.77 bits per heavy atom. The van der Waals surface area contributed by atoms with E-state index in [1.54, 1.807) is 42.5 Å². The first-order chi connectivity index (χ1) is 23.4. The van der Waals surface area contributed by atoms with Gasteiger partial charge in [-0.25, -0.2) is 4.98 Å². The van der Waals surface area contributed by atoms with Crippen LogP contribution in [0.3, 0.4) is 0 Å². The number of nitrogens with zero attached hydrogens (tertiary/aromatic N) is 3. The van der Waals surface area contributed by atoms with Gasteiger partial charge in [-0.05, 0) is 48.4 Å². The molecule has 4 aliphatic rings. The smallest absolute Gasteiger partial charge is 0.258 e. The summed E-state index contributed by atoms with van der Waals surface area (Å²) >= 11 is 0. The van der Waals surface area contributed by atoms with Crippen molar-refractivity contribution < 1.29 is 38.1 Å². The molecule has 0 spiro atoms.